The predicted octanol–water partition coefficient (Wildman–Crippen LogP) is 2.14. The fourth-order valence-corrected chi connectivity index (χ4v) is 2.88. The first-order valence-electron chi connectivity index (χ1n) is 7.37. The topological polar surface area (TPSA) is 43.7 Å². The van der Waals surface area contributed by atoms with Gasteiger partial charge in [0, 0.05) is 19.6 Å². The molecule has 1 saturated heterocycles. The molecule has 2 N–H and O–H groups in total. The number of rotatable bonds is 2. The molecule has 1 heterocycles. The molecule has 3 nitrogen and oxygen atoms in total. The molecule has 112 valence electrons. The zero-order valence-corrected chi connectivity index (χ0v) is 13.3. The molecule has 0 aliphatic carbocycles. The van der Waals surface area contributed by atoms with Crippen molar-refractivity contribution in [2.24, 2.45) is 0 Å². The van der Waals surface area contributed by atoms with Gasteiger partial charge in [0.05, 0.1) is 12.2 Å². The first kappa shape index (κ1) is 15.5. The highest BCUT2D eigenvalue weighted by Crippen LogP contribution is 2.28. The highest BCUT2D eigenvalue weighted by atomic mass is 16.3. The summed E-state index contributed by atoms with van der Waals surface area (Å²) in [5.74, 6) is 0. The minimum atomic E-state index is -0.607. The molecule has 20 heavy (non-hydrogen) atoms. The number of aliphatic hydroxyl groups is 2. The second-order valence-electron chi connectivity index (χ2n) is 7.17. The van der Waals surface area contributed by atoms with Crippen molar-refractivity contribution in [3.05, 3.63) is 34.4 Å². The van der Waals surface area contributed by atoms with Crippen molar-refractivity contribution in [1.82, 2.24) is 4.90 Å². The van der Waals surface area contributed by atoms with Gasteiger partial charge in [-0.25, -0.2) is 0 Å². The van der Waals surface area contributed by atoms with Crippen LogP contribution in [-0.4, -0.2) is 40.4 Å². The van der Waals surface area contributed by atoms with E-state index < -0.39 is 12.2 Å². The van der Waals surface area contributed by atoms with Gasteiger partial charge in [-0.3, -0.25) is 4.90 Å². The highest BCUT2D eigenvalue weighted by molar-refractivity contribution is 5.40. The van der Waals surface area contributed by atoms with E-state index in [4.69, 9.17) is 0 Å². The SMILES string of the molecule is Cc1cc(C(C)(C)C)cc(C)c1CN1CC(O)C(O)C1. The van der Waals surface area contributed by atoms with E-state index in [2.05, 4.69) is 51.7 Å². The Kier molecular flexibility index (Phi) is 4.24. The quantitative estimate of drug-likeness (QED) is 0.870. The summed E-state index contributed by atoms with van der Waals surface area (Å²) >= 11 is 0. The molecule has 0 radical (unpaired) electrons. The summed E-state index contributed by atoms with van der Waals surface area (Å²) in [4.78, 5) is 2.13. The molecule has 0 amide bonds. The van der Waals surface area contributed by atoms with Crippen molar-refractivity contribution < 1.29 is 10.2 Å². The Hall–Kier alpha value is -0.900. The lowest BCUT2D eigenvalue weighted by Crippen LogP contribution is -2.23. The van der Waals surface area contributed by atoms with Crippen LogP contribution in [0.5, 0.6) is 0 Å². The van der Waals surface area contributed by atoms with Crippen LogP contribution in [0.4, 0.5) is 0 Å². The average Bonchev–Trinajstić information content (AvgIpc) is 2.62. The third-order valence-corrected chi connectivity index (χ3v) is 4.28. The molecule has 2 atom stereocenters. The molecule has 0 saturated carbocycles. The predicted molar refractivity (Wildman–Crippen MR) is 81.9 cm³/mol. The molecule has 1 aromatic rings. The maximum absolute atomic E-state index is 9.64. The number of benzene rings is 1. The molecule has 1 aliphatic rings. The molecular formula is C17H27NO2. The Morgan fingerprint density at radius 1 is 1.05 bits per heavy atom. The lowest BCUT2D eigenvalue weighted by atomic mass is 9.84. The zero-order chi connectivity index (χ0) is 15.1. The van der Waals surface area contributed by atoms with Gasteiger partial charge >= 0.3 is 0 Å². The van der Waals surface area contributed by atoms with Crippen molar-refractivity contribution in [3.8, 4) is 0 Å². The van der Waals surface area contributed by atoms with Crippen molar-refractivity contribution in [2.45, 2.75) is 58.8 Å². The second-order valence-corrected chi connectivity index (χ2v) is 7.17. The molecule has 0 spiro atoms. The maximum Gasteiger partial charge on any atom is 0.0938 e. The first-order valence-corrected chi connectivity index (χ1v) is 7.37. The fourth-order valence-electron chi connectivity index (χ4n) is 2.88. The Morgan fingerprint density at radius 3 is 1.90 bits per heavy atom. The van der Waals surface area contributed by atoms with Gasteiger partial charge in [-0.15, -0.1) is 0 Å². The number of aliphatic hydroxyl groups excluding tert-OH is 2. The summed E-state index contributed by atoms with van der Waals surface area (Å²) in [6, 6.07) is 4.54. The highest BCUT2D eigenvalue weighted by Gasteiger charge is 2.30. The van der Waals surface area contributed by atoms with E-state index in [0.29, 0.717) is 13.1 Å². The number of likely N-dealkylation sites (tertiary alicyclic amines) is 1. The first-order chi connectivity index (χ1) is 9.18. The third kappa shape index (κ3) is 3.22. The van der Waals surface area contributed by atoms with Crippen molar-refractivity contribution in [2.75, 3.05) is 13.1 Å². The Labute approximate surface area is 122 Å². The fraction of sp³-hybridized carbons (Fsp3) is 0.647. The van der Waals surface area contributed by atoms with Crippen LogP contribution in [0.2, 0.25) is 0 Å². The summed E-state index contributed by atoms with van der Waals surface area (Å²) < 4.78 is 0. The van der Waals surface area contributed by atoms with E-state index in [1.165, 1.54) is 22.3 Å². The van der Waals surface area contributed by atoms with Crippen LogP contribution in [0.3, 0.4) is 0 Å². The standard InChI is InChI=1S/C17H27NO2/c1-11-6-13(17(3,4)5)7-12(2)14(11)8-18-9-15(19)16(20)10-18/h6-7,15-16,19-20H,8-10H2,1-5H3. The summed E-state index contributed by atoms with van der Waals surface area (Å²) in [6.07, 6.45) is -1.21. The van der Waals surface area contributed by atoms with E-state index >= 15 is 0 Å². The Bertz CT molecular complexity index is 457. The molecule has 3 heteroatoms. The van der Waals surface area contributed by atoms with Crippen LogP contribution in [0.25, 0.3) is 0 Å². The lowest BCUT2D eigenvalue weighted by Gasteiger charge is -2.24. The molecular weight excluding hydrogens is 250 g/mol. The lowest BCUT2D eigenvalue weighted by molar-refractivity contribution is 0.0572. The largest absolute Gasteiger partial charge is 0.389 e. The van der Waals surface area contributed by atoms with Crippen molar-refractivity contribution in [3.63, 3.8) is 0 Å². The van der Waals surface area contributed by atoms with Gasteiger partial charge < -0.3 is 10.2 Å². The maximum atomic E-state index is 9.64. The number of nitrogens with zero attached hydrogens (tertiary/aromatic N) is 1. The number of β-amino-alcohol motifs (C(OH)–C–C–N with tert-alkyl or cyclic N) is 2. The molecule has 1 aliphatic heterocycles. The van der Waals surface area contributed by atoms with Crippen LogP contribution >= 0.6 is 0 Å². The minimum absolute atomic E-state index is 0.161. The van der Waals surface area contributed by atoms with Crippen LogP contribution in [0, 0.1) is 13.8 Å². The smallest absolute Gasteiger partial charge is 0.0938 e. The number of aryl methyl sites for hydroxylation is 2. The Morgan fingerprint density at radius 2 is 1.50 bits per heavy atom. The van der Waals surface area contributed by atoms with Crippen LogP contribution < -0.4 is 0 Å². The molecule has 0 aromatic heterocycles. The molecule has 2 rings (SSSR count). The molecule has 0 bridgehead atoms. The molecule has 1 aromatic carbocycles. The number of hydrogen-bond donors (Lipinski definition) is 2. The van der Waals surface area contributed by atoms with E-state index in [0.717, 1.165) is 6.54 Å². The Balaban J connectivity index is 2.21. The van der Waals surface area contributed by atoms with E-state index in [1.807, 2.05) is 0 Å². The number of hydrogen-bond acceptors (Lipinski definition) is 3. The molecule has 2 unspecified atom stereocenters. The van der Waals surface area contributed by atoms with Gasteiger partial charge in [-0.2, -0.15) is 0 Å². The van der Waals surface area contributed by atoms with E-state index in [9.17, 15) is 10.2 Å². The van der Waals surface area contributed by atoms with Gasteiger partial charge in [0.2, 0.25) is 0 Å². The van der Waals surface area contributed by atoms with Gasteiger partial charge in [-0.05, 0) is 41.5 Å². The normalized spacial score (nSPS) is 24.4. The van der Waals surface area contributed by atoms with E-state index in [1.54, 1.807) is 0 Å². The summed E-state index contributed by atoms with van der Waals surface area (Å²) in [5.41, 5.74) is 5.43. The third-order valence-electron chi connectivity index (χ3n) is 4.28. The summed E-state index contributed by atoms with van der Waals surface area (Å²) in [5, 5.41) is 19.3. The van der Waals surface area contributed by atoms with Crippen molar-refractivity contribution in [1.29, 1.82) is 0 Å². The van der Waals surface area contributed by atoms with E-state index in [-0.39, 0.29) is 5.41 Å². The van der Waals surface area contributed by atoms with Crippen LogP contribution in [0.1, 0.15) is 43.0 Å². The van der Waals surface area contributed by atoms with Gasteiger partial charge in [0.1, 0.15) is 0 Å². The van der Waals surface area contributed by atoms with Crippen molar-refractivity contribution >= 4 is 0 Å². The zero-order valence-electron chi connectivity index (χ0n) is 13.3. The second kappa shape index (κ2) is 5.47. The van der Waals surface area contributed by atoms with Crippen LogP contribution in [-0.2, 0) is 12.0 Å². The monoisotopic (exact) mass is 277 g/mol. The minimum Gasteiger partial charge on any atom is -0.389 e. The average molecular weight is 277 g/mol. The summed E-state index contributed by atoms with van der Waals surface area (Å²) in [7, 11) is 0. The van der Waals surface area contributed by atoms with Gasteiger partial charge in [-0.1, -0.05) is 32.9 Å². The molecule has 1 fully saturated rings. The van der Waals surface area contributed by atoms with Gasteiger partial charge in [0.25, 0.3) is 0 Å². The van der Waals surface area contributed by atoms with Crippen LogP contribution in [0.15, 0.2) is 12.1 Å². The van der Waals surface area contributed by atoms with Gasteiger partial charge in [0.15, 0.2) is 0 Å². The summed E-state index contributed by atoms with van der Waals surface area (Å²) in [6.45, 7) is 12.9.